The van der Waals surface area contributed by atoms with Gasteiger partial charge < -0.3 is 4.74 Å². The first kappa shape index (κ1) is 13.2. The van der Waals surface area contributed by atoms with Crippen LogP contribution in [0.5, 0.6) is 0 Å². The molecule has 0 radical (unpaired) electrons. The maximum absolute atomic E-state index is 11.9. The maximum Gasteiger partial charge on any atom is 0.327 e. The lowest BCUT2D eigenvalue weighted by Gasteiger charge is -2.24. The van der Waals surface area contributed by atoms with Gasteiger partial charge in [0.25, 0.3) is 0 Å². The molecule has 0 unspecified atom stereocenters. The van der Waals surface area contributed by atoms with Gasteiger partial charge >= 0.3 is 5.97 Å². The van der Waals surface area contributed by atoms with E-state index in [1.807, 2.05) is 34.2 Å². The van der Waals surface area contributed by atoms with E-state index in [9.17, 15) is 4.79 Å². The van der Waals surface area contributed by atoms with Gasteiger partial charge in [-0.2, -0.15) is 11.3 Å². The monoisotopic (exact) mass is 282 g/mol. The second-order valence-electron chi connectivity index (χ2n) is 3.88. The van der Waals surface area contributed by atoms with Crippen molar-refractivity contribution in [2.45, 2.75) is 12.6 Å². The Labute approximate surface area is 114 Å². The Morgan fingerprint density at radius 3 is 2.89 bits per heavy atom. The molecule has 0 bridgehead atoms. The van der Waals surface area contributed by atoms with Crippen LogP contribution in [-0.2, 0) is 16.1 Å². The number of thiazole rings is 1. The van der Waals surface area contributed by atoms with Gasteiger partial charge in [0.1, 0.15) is 6.04 Å². The number of hydrogen-bond donors (Lipinski definition) is 0. The highest BCUT2D eigenvalue weighted by atomic mass is 32.1. The molecule has 0 aromatic carbocycles. The first-order valence-electron chi connectivity index (χ1n) is 5.39. The molecule has 0 saturated carbocycles. The van der Waals surface area contributed by atoms with Crippen LogP contribution >= 0.6 is 22.7 Å². The number of carbonyl (C=O) groups excluding carboxylic acids is 1. The van der Waals surface area contributed by atoms with Gasteiger partial charge in [-0.3, -0.25) is 4.90 Å². The fourth-order valence-corrected chi connectivity index (χ4v) is 3.00. The maximum atomic E-state index is 11.9. The number of ether oxygens (including phenoxy) is 1. The lowest BCUT2D eigenvalue weighted by molar-refractivity contribution is -0.147. The molecule has 6 heteroatoms. The summed E-state index contributed by atoms with van der Waals surface area (Å²) >= 11 is 3.13. The Balaban J connectivity index is 2.16. The summed E-state index contributed by atoms with van der Waals surface area (Å²) < 4.78 is 4.88. The fourth-order valence-electron chi connectivity index (χ4n) is 1.78. The molecule has 0 spiro atoms. The van der Waals surface area contributed by atoms with E-state index in [4.69, 9.17) is 4.74 Å². The second-order valence-corrected chi connectivity index (χ2v) is 5.38. The highest BCUT2D eigenvalue weighted by molar-refractivity contribution is 7.08. The minimum atomic E-state index is -0.372. The molecule has 0 aliphatic carbocycles. The molecule has 0 N–H and O–H groups in total. The summed E-state index contributed by atoms with van der Waals surface area (Å²) in [6, 6.07) is 1.58. The standard InChI is InChI=1S/C12H14N2O2S2/c1-14(5-10-7-18-8-13-10)11(12(15)16-2)9-3-4-17-6-9/h3-4,6-8,11H,5H2,1-2H3/t11-/m1/s1. The molecule has 2 aromatic heterocycles. The highest BCUT2D eigenvalue weighted by Gasteiger charge is 2.26. The third-order valence-corrected chi connectivity index (χ3v) is 3.96. The largest absolute Gasteiger partial charge is 0.468 e. The summed E-state index contributed by atoms with van der Waals surface area (Å²) in [5, 5.41) is 5.92. The van der Waals surface area contributed by atoms with E-state index in [1.54, 1.807) is 28.2 Å². The molecule has 1 atom stereocenters. The van der Waals surface area contributed by atoms with Gasteiger partial charge in [0.05, 0.1) is 18.3 Å². The summed E-state index contributed by atoms with van der Waals surface area (Å²) in [7, 11) is 3.32. The average Bonchev–Trinajstić information content (AvgIpc) is 3.02. The van der Waals surface area contributed by atoms with Gasteiger partial charge in [0.15, 0.2) is 0 Å². The van der Waals surface area contributed by atoms with Crippen molar-refractivity contribution in [3.05, 3.63) is 39.0 Å². The molecule has 2 heterocycles. The first-order chi connectivity index (χ1) is 8.72. The van der Waals surface area contributed by atoms with E-state index in [0.717, 1.165) is 11.3 Å². The minimum Gasteiger partial charge on any atom is -0.468 e. The number of hydrogen-bond acceptors (Lipinski definition) is 6. The molecule has 0 aliphatic rings. The van der Waals surface area contributed by atoms with Crippen molar-refractivity contribution < 1.29 is 9.53 Å². The van der Waals surface area contributed by atoms with Crippen molar-refractivity contribution in [2.75, 3.05) is 14.2 Å². The molecule has 0 saturated heterocycles. The Hall–Kier alpha value is -1.24. The molecular weight excluding hydrogens is 268 g/mol. The molecule has 0 amide bonds. The Morgan fingerprint density at radius 1 is 1.50 bits per heavy atom. The van der Waals surface area contributed by atoms with Crippen LogP contribution in [0.3, 0.4) is 0 Å². The van der Waals surface area contributed by atoms with Gasteiger partial charge in [-0.1, -0.05) is 0 Å². The van der Waals surface area contributed by atoms with Crippen molar-refractivity contribution in [3.63, 3.8) is 0 Å². The van der Waals surface area contributed by atoms with E-state index in [0.29, 0.717) is 6.54 Å². The topological polar surface area (TPSA) is 42.4 Å². The molecule has 18 heavy (non-hydrogen) atoms. The Bertz CT molecular complexity index is 482. The highest BCUT2D eigenvalue weighted by Crippen LogP contribution is 2.24. The van der Waals surface area contributed by atoms with Gasteiger partial charge in [0.2, 0.25) is 0 Å². The lowest BCUT2D eigenvalue weighted by atomic mass is 10.1. The zero-order valence-corrected chi connectivity index (χ0v) is 11.8. The minimum absolute atomic E-state index is 0.244. The molecule has 0 fully saturated rings. The van der Waals surface area contributed by atoms with Crippen LogP contribution in [0.25, 0.3) is 0 Å². The van der Waals surface area contributed by atoms with Crippen molar-refractivity contribution in [2.24, 2.45) is 0 Å². The van der Waals surface area contributed by atoms with Crippen LogP contribution in [-0.4, -0.2) is 30.0 Å². The van der Waals surface area contributed by atoms with E-state index in [1.165, 1.54) is 7.11 Å². The van der Waals surface area contributed by atoms with Gasteiger partial charge in [-0.05, 0) is 29.4 Å². The Morgan fingerprint density at radius 2 is 2.33 bits per heavy atom. The summed E-state index contributed by atoms with van der Waals surface area (Å²) in [5.41, 5.74) is 3.72. The smallest absolute Gasteiger partial charge is 0.327 e. The van der Waals surface area contributed by atoms with E-state index < -0.39 is 0 Å². The van der Waals surface area contributed by atoms with Crippen molar-refractivity contribution in [1.82, 2.24) is 9.88 Å². The van der Waals surface area contributed by atoms with Crippen molar-refractivity contribution in [1.29, 1.82) is 0 Å². The van der Waals surface area contributed by atoms with E-state index >= 15 is 0 Å². The number of esters is 1. The summed E-state index contributed by atoms with van der Waals surface area (Å²) in [5.74, 6) is -0.244. The number of rotatable bonds is 5. The number of carbonyl (C=O) groups is 1. The summed E-state index contributed by atoms with van der Waals surface area (Å²) in [6.07, 6.45) is 0. The van der Waals surface area contributed by atoms with Crippen LogP contribution in [0, 0.1) is 0 Å². The first-order valence-corrected chi connectivity index (χ1v) is 7.28. The van der Waals surface area contributed by atoms with Gasteiger partial charge in [-0.25, -0.2) is 9.78 Å². The predicted molar refractivity (Wildman–Crippen MR) is 72.7 cm³/mol. The van der Waals surface area contributed by atoms with Crippen LogP contribution in [0.4, 0.5) is 0 Å². The normalized spacial score (nSPS) is 12.6. The Kier molecular flexibility index (Phi) is 4.46. The van der Waals surface area contributed by atoms with Crippen LogP contribution in [0.2, 0.25) is 0 Å². The molecule has 2 rings (SSSR count). The molecule has 2 aromatic rings. The lowest BCUT2D eigenvalue weighted by Crippen LogP contribution is -2.31. The number of nitrogens with zero attached hydrogens (tertiary/aromatic N) is 2. The third kappa shape index (κ3) is 2.95. The second kappa shape index (κ2) is 6.08. The number of likely N-dealkylation sites (N-methyl/N-ethyl adjacent to an activating group) is 1. The zero-order valence-electron chi connectivity index (χ0n) is 10.2. The summed E-state index contributed by atoms with van der Waals surface area (Å²) in [6.45, 7) is 0.624. The molecule has 96 valence electrons. The quantitative estimate of drug-likeness (QED) is 0.790. The number of thiophene rings is 1. The SMILES string of the molecule is COC(=O)[C@@H](c1ccsc1)N(C)Cc1cscn1. The number of aromatic nitrogens is 1. The summed E-state index contributed by atoms with van der Waals surface area (Å²) in [4.78, 5) is 18.1. The van der Waals surface area contributed by atoms with Crippen molar-refractivity contribution in [3.8, 4) is 0 Å². The molecule has 4 nitrogen and oxygen atoms in total. The third-order valence-electron chi connectivity index (χ3n) is 2.62. The predicted octanol–water partition coefficient (Wildman–Crippen LogP) is 2.55. The van der Waals surface area contributed by atoms with Crippen LogP contribution in [0.15, 0.2) is 27.7 Å². The van der Waals surface area contributed by atoms with E-state index in [-0.39, 0.29) is 12.0 Å². The van der Waals surface area contributed by atoms with E-state index in [2.05, 4.69) is 4.98 Å². The molecule has 0 aliphatic heterocycles. The molecular formula is C12H14N2O2S2. The average molecular weight is 282 g/mol. The van der Waals surface area contributed by atoms with Crippen LogP contribution in [0.1, 0.15) is 17.3 Å². The zero-order chi connectivity index (χ0) is 13.0. The van der Waals surface area contributed by atoms with Crippen LogP contribution < -0.4 is 0 Å². The van der Waals surface area contributed by atoms with Gasteiger partial charge in [0, 0.05) is 11.9 Å². The van der Waals surface area contributed by atoms with Crippen molar-refractivity contribution >= 4 is 28.6 Å². The number of methoxy groups -OCH3 is 1. The fraction of sp³-hybridized carbons (Fsp3) is 0.333. The van der Waals surface area contributed by atoms with Gasteiger partial charge in [-0.15, -0.1) is 11.3 Å².